The summed E-state index contributed by atoms with van der Waals surface area (Å²) in [5.74, 6) is 0.325. The molecule has 2 atom stereocenters. The highest BCUT2D eigenvalue weighted by Crippen LogP contribution is 2.58. The molecular formula is C32H26O4. The van der Waals surface area contributed by atoms with Gasteiger partial charge in [0.2, 0.25) is 22.8 Å². The van der Waals surface area contributed by atoms with Crippen LogP contribution in [0.25, 0.3) is 0 Å². The van der Waals surface area contributed by atoms with Crippen molar-refractivity contribution in [1.29, 1.82) is 0 Å². The summed E-state index contributed by atoms with van der Waals surface area (Å²) in [6, 6.07) is 26.2. The Kier molecular flexibility index (Phi) is 4.74. The Hall–Kier alpha value is -4.18. The van der Waals surface area contributed by atoms with Crippen molar-refractivity contribution in [2.75, 3.05) is 0 Å². The highest BCUT2D eigenvalue weighted by molar-refractivity contribution is 6.17. The molecule has 36 heavy (non-hydrogen) atoms. The van der Waals surface area contributed by atoms with E-state index < -0.39 is 11.2 Å². The fourth-order valence-electron chi connectivity index (χ4n) is 5.43. The predicted molar refractivity (Wildman–Crippen MR) is 138 cm³/mol. The van der Waals surface area contributed by atoms with Crippen molar-refractivity contribution in [3.63, 3.8) is 0 Å². The number of fused-ring (bicyclic) bond motifs is 2. The lowest BCUT2D eigenvalue weighted by molar-refractivity contribution is -0.0646. The number of Topliss-reactive ketones (excluding diaryl/α,β-unsaturated/α-hetero) is 2. The van der Waals surface area contributed by atoms with E-state index in [9.17, 15) is 9.59 Å². The van der Waals surface area contributed by atoms with E-state index in [2.05, 4.69) is 0 Å². The first-order valence-electron chi connectivity index (χ1n) is 12.1. The number of carbonyl (C=O) groups excluding carboxylic acids is 2. The maximum absolute atomic E-state index is 14.6. The molecule has 0 aromatic heterocycles. The van der Waals surface area contributed by atoms with Crippen molar-refractivity contribution < 1.29 is 19.1 Å². The van der Waals surface area contributed by atoms with Crippen molar-refractivity contribution in [3.8, 4) is 11.5 Å². The van der Waals surface area contributed by atoms with Gasteiger partial charge in [-0.25, -0.2) is 0 Å². The lowest BCUT2D eigenvalue weighted by Gasteiger charge is -2.42. The molecule has 6 rings (SSSR count). The zero-order chi connectivity index (χ0) is 25.2. The minimum atomic E-state index is -1.75. The molecule has 4 aromatic rings. The number of ketones is 2. The third-order valence-electron chi connectivity index (χ3n) is 7.34. The number of benzene rings is 4. The van der Waals surface area contributed by atoms with E-state index in [1.807, 2.05) is 100 Å². The van der Waals surface area contributed by atoms with E-state index in [-0.39, 0.29) is 11.6 Å². The molecule has 0 bridgehead atoms. The minimum absolute atomic E-state index is 0.292. The topological polar surface area (TPSA) is 52.6 Å². The predicted octanol–water partition coefficient (Wildman–Crippen LogP) is 6.56. The van der Waals surface area contributed by atoms with Crippen molar-refractivity contribution in [2.24, 2.45) is 0 Å². The summed E-state index contributed by atoms with van der Waals surface area (Å²) >= 11 is 0. The first-order valence-corrected chi connectivity index (χ1v) is 12.1. The molecule has 0 radical (unpaired) electrons. The Morgan fingerprint density at radius 1 is 0.472 bits per heavy atom. The van der Waals surface area contributed by atoms with Gasteiger partial charge in [-0.1, -0.05) is 71.8 Å². The Morgan fingerprint density at radius 3 is 1.17 bits per heavy atom. The van der Waals surface area contributed by atoms with Crippen LogP contribution in [0.4, 0.5) is 0 Å². The molecule has 0 spiro atoms. The quantitative estimate of drug-likeness (QED) is 0.337. The van der Waals surface area contributed by atoms with Gasteiger partial charge in [0.1, 0.15) is 11.5 Å². The molecule has 2 unspecified atom stereocenters. The van der Waals surface area contributed by atoms with Crippen molar-refractivity contribution in [1.82, 2.24) is 0 Å². The van der Waals surface area contributed by atoms with Crippen LogP contribution in [0.1, 0.15) is 54.1 Å². The summed E-state index contributed by atoms with van der Waals surface area (Å²) in [5, 5.41) is 0. The van der Waals surface area contributed by atoms with Crippen LogP contribution >= 0.6 is 0 Å². The highest BCUT2D eigenvalue weighted by atomic mass is 16.6. The minimum Gasteiger partial charge on any atom is -0.468 e. The summed E-state index contributed by atoms with van der Waals surface area (Å²) in [6.07, 6.45) is 0. The largest absolute Gasteiger partial charge is 0.468 e. The number of hydrogen-bond donors (Lipinski definition) is 0. The Morgan fingerprint density at radius 2 is 0.806 bits per heavy atom. The summed E-state index contributed by atoms with van der Waals surface area (Å²) in [4.78, 5) is 29.1. The maximum Gasteiger partial charge on any atom is 0.247 e. The van der Waals surface area contributed by atoms with Crippen LogP contribution in [0.15, 0.2) is 84.9 Å². The van der Waals surface area contributed by atoms with Crippen molar-refractivity contribution in [2.45, 2.75) is 38.9 Å². The number of ether oxygens (including phenoxy) is 2. The van der Waals surface area contributed by atoms with Gasteiger partial charge >= 0.3 is 0 Å². The molecule has 4 aromatic carbocycles. The Labute approximate surface area is 210 Å². The van der Waals surface area contributed by atoms with Crippen LogP contribution < -0.4 is 9.47 Å². The van der Waals surface area contributed by atoms with E-state index in [0.29, 0.717) is 33.8 Å². The third-order valence-corrected chi connectivity index (χ3v) is 7.34. The van der Waals surface area contributed by atoms with Gasteiger partial charge in [0, 0.05) is 11.1 Å². The van der Waals surface area contributed by atoms with Crippen LogP contribution in [0.3, 0.4) is 0 Å². The molecule has 4 heteroatoms. The molecule has 2 aliphatic heterocycles. The second kappa shape index (κ2) is 7.66. The zero-order valence-corrected chi connectivity index (χ0v) is 20.7. The number of aryl methyl sites for hydroxylation is 4. The SMILES string of the molecule is Cc1ccc(C2(C3(c4ccc(C)cc4)Oc4cc(C)ccc4C3=O)Oc3cc(C)ccc3C2=O)cc1. The van der Waals surface area contributed by atoms with Gasteiger partial charge in [0.25, 0.3) is 0 Å². The summed E-state index contributed by atoms with van der Waals surface area (Å²) in [5.41, 5.74) is 2.52. The standard InChI is InChI=1S/C32H26O4/c1-19-5-11-23(12-6-19)31(29(33)25-15-9-21(3)17-27(25)35-31)32(24-13-7-20(2)8-14-24)30(34)26-16-10-22(4)18-28(26)36-32/h5-18H,1-4H3. The number of hydrogen-bond acceptors (Lipinski definition) is 4. The van der Waals surface area contributed by atoms with Crippen LogP contribution in [0.5, 0.6) is 11.5 Å². The van der Waals surface area contributed by atoms with E-state index >= 15 is 0 Å². The summed E-state index contributed by atoms with van der Waals surface area (Å²) < 4.78 is 13.4. The van der Waals surface area contributed by atoms with Gasteiger partial charge in [-0.05, 0) is 63.1 Å². The average molecular weight is 475 g/mol. The van der Waals surface area contributed by atoms with Crippen LogP contribution in [-0.4, -0.2) is 11.6 Å². The average Bonchev–Trinajstić information content (AvgIpc) is 3.32. The lowest BCUT2D eigenvalue weighted by atomic mass is 9.67. The van der Waals surface area contributed by atoms with Crippen molar-refractivity contribution in [3.05, 3.63) is 129 Å². The molecule has 0 fully saturated rings. The van der Waals surface area contributed by atoms with Gasteiger partial charge < -0.3 is 9.47 Å². The number of rotatable bonds is 3. The second-order valence-electron chi connectivity index (χ2n) is 9.96. The van der Waals surface area contributed by atoms with Gasteiger partial charge in [0.15, 0.2) is 0 Å². The normalized spacial score (nSPS) is 22.1. The molecular weight excluding hydrogens is 448 g/mol. The monoisotopic (exact) mass is 474 g/mol. The van der Waals surface area contributed by atoms with Crippen LogP contribution in [0, 0.1) is 27.7 Å². The molecule has 0 aliphatic carbocycles. The molecule has 0 N–H and O–H groups in total. The van der Waals surface area contributed by atoms with E-state index in [4.69, 9.17) is 9.47 Å². The first kappa shape index (κ1) is 22.3. The summed E-state index contributed by atoms with van der Waals surface area (Å²) in [7, 11) is 0. The van der Waals surface area contributed by atoms with Crippen LogP contribution in [-0.2, 0) is 11.2 Å². The van der Waals surface area contributed by atoms with Crippen LogP contribution in [0.2, 0.25) is 0 Å². The molecule has 0 amide bonds. The maximum atomic E-state index is 14.6. The van der Waals surface area contributed by atoms with E-state index in [0.717, 1.165) is 22.3 Å². The third kappa shape index (κ3) is 2.87. The molecule has 178 valence electrons. The zero-order valence-electron chi connectivity index (χ0n) is 20.7. The molecule has 0 saturated carbocycles. The molecule has 2 aliphatic rings. The second-order valence-corrected chi connectivity index (χ2v) is 9.96. The van der Waals surface area contributed by atoms with Gasteiger partial charge in [-0.15, -0.1) is 0 Å². The van der Waals surface area contributed by atoms with E-state index in [1.54, 1.807) is 12.1 Å². The smallest absolute Gasteiger partial charge is 0.247 e. The lowest BCUT2D eigenvalue weighted by Crippen LogP contribution is -2.61. The number of carbonyl (C=O) groups is 2. The fraction of sp³-hybridized carbons (Fsp3) is 0.188. The molecule has 2 heterocycles. The van der Waals surface area contributed by atoms with Crippen molar-refractivity contribution >= 4 is 11.6 Å². The highest BCUT2D eigenvalue weighted by Gasteiger charge is 2.72. The first-order chi connectivity index (χ1) is 17.3. The Bertz CT molecular complexity index is 1430. The fourth-order valence-corrected chi connectivity index (χ4v) is 5.43. The molecule has 4 nitrogen and oxygen atoms in total. The van der Waals surface area contributed by atoms with Gasteiger partial charge in [-0.3, -0.25) is 9.59 Å². The summed E-state index contributed by atoms with van der Waals surface area (Å²) in [6.45, 7) is 7.87. The molecule has 0 saturated heterocycles. The van der Waals surface area contributed by atoms with Gasteiger partial charge in [-0.2, -0.15) is 0 Å². The van der Waals surface area contributed by atoms with E-state index in [1.165, 1.54) is 0 Å². The Balaban J connectivity index is 1.71. The van der Waals surface area contributed by atoms with Gasteiger partial charge in [0.05, 0.1) is 11.1 Å².